The van der Waals surface area contributed by atoms with Gasteiger partial charge < -0.3 is 10.1 Å². The molecule has 0 aromatic carbocycles. The van der Waals surface area contributed by atoms with Gasteiger partial charge >= 0.3 is 0 Å². The average Bonchev–Trinajstić information content (AvgIpc) is 3.20. The summed E-state index contributed by atoms with van der Waals surface area (Å²) in [6.07, 6.45) is 7.68. The second kappa shape index (κ2) is 7.07. The van der Waals surface area contributed by atoms with Crippen molar-refractivity contribution in [2.24, 2.45) is 0 Å². The van der Waals surface area contributed by atoms with Gasteiger partial charge in [-0.2, -0.15) is 9.47 Å². The summed E-state index contributed by atoms with van der Waals surface area (Å²) in [7, 11) is 0. The monoisotopic (exact) mass is 424 g/mol. The number of H-pyrrole nitrogens is 1. The molecule has 4 aromatic rings. The Bertz CT molecular complexity index is 1150. The van der Waals surface area contributed by atoms with Crippen molar-refractivity contribution in [3.8, 4) is 5.88 Å². The molecule has 6 rings (SSSR count). The predicted molar refractivity (Wildman–Crippen MR) is 114 cm³/mol. The molecular weight excluding hydrogens is 404 g/mol. The van der Waals surface area contributed by atoms with Gasteiger partial charge in [-0.3, -0.25) is 5.10 Å². The lowest BCUT2D eigenvalue weighted by atomic mass is 10.0. The largest absolute Gasteiger partial charge is 0.474 e. The molecule has 2 atom stereocenters. The second-order valence-corrected chi connectivity index (χ2v) is 9.28. The molecule has 29 heavy (non-hydrogen) atoms. The molecule has 4 heterocycles. The van der Waals surface area contributed by atoms with E-state index in [1.54, 1.807) is 17.5 Å². The van der Waals surface area contributed by atoms with Crippen molar-refractivity contribution >= 4 is 44.7 Å². The molecule has 4 aromatic heterocycles. The molecule has 2 aliphatic rings. The summed E-state index contributed by atoms with van der Waals surface area (Å²) in [5.41, 5.74) is 5.25. The number of aromatic nitrogens is 5. The van der Waals surface area contributed by atoms with Crippen molar-refractivity contribution < 1.29 is 4.74 Å². The average molecular weight is 425 g/mol. The van der Waals surface area contributed by atoms with Gasteiger partial charge in [0, 0.05) is 34.8 Å². The molecule has 0 unspecified atom stereocenters. The molecule has 2 aliphatic carbocycles. The maximum atomic E-state index is 6.28. The Morgan fingerprint density at radius 1 is 1.14 bits per heavy atom. The highest BCUT2D eigenvalue weighted by Crippen LogP contribution is 2.46. The van der Waals surface area contributed by atoms with Crippen molar-refractivity contribution in [3.05, 3.63) is 40.5 Å². The summed E-state index contributed by atoms with van der Waals surface area (Å²) < 4.78 is 11.8. The Morgan fingerprint density at radius 2 is 2.07 bits per heavy atom. The number of fused-ring (bicyclic) bond motifs is 1. The fourth-order valence-electron chi connectivity index (χ4n) is 4.09. The van der Waals surface area contributed by atoms with E-state index in [1.807, 2.05) is 11.6 Å². The number of rotatable bonds is 6. The topological polar surface area (TPSA) is 88.6 Å². The van der Waals surface area contributed by atoms with Gasteiger partial charge in [-0.1, -0.05) is 0 Å². The van der Waals surface area contributed by atoms with Gasteiger partial charge in [-0.05, 0) is 55.6 Å². The number of nitrogens with one attached hydrogen (secondary N) is 2. The first kappa shape index (κ1) is 17.3. The SMILES string of the molecule is c1cc2ncsc2c(Nc2cc([C@@H]3CC[C@H](Oc4nscc4C4CC4)C3)[nH]n2)n1. The summed E-state index contributed by atoms with van der Waals surface area (Å²) in [4.78, 5) is 8.78. The van der Waals surface area contributed by atoms with Crippen molar-refractivity contribution in [1.82, 2.24) is 24.5 Å². The van der Waals surface area contributed by atoms with Gasteiger partial charge in [0.05, 0.1) is 15.7 Å². The molecule has 0 amide bonds. The number of thiazole rings is 1. The Hall–Kier alpha value is -2.52. The predicted octanol–water partition coefficient (Wildman–Crippen LogP) is 5.21. The number of hydrogen-bond acceptors (Lipinski definition) is 8. The van der Waals surface area contributed by atoms with Crippen LogP contribution in [0.1, 0.15) is 55.2 Å². The van der Waals surface area contributed by atoms with Crippen LogP contribution in [0.4, 0.5) is 11.6 Å². The summed E-state index contributed by atoms with van der Waals surface area (Å²) >= 11 is 3.09. The van der Waals surface area contributed by atoms with Gasteiger partial charge in [0.1, 0.15) is 6.10 Å². The number of aromatic amines is 1. The quantitative estimate of drug-likeness (QED) is 0.442. The zero-order chi connectivity index (χ0) is 19.2. The first-order chi connectivity index (χ1) is 14.3. The number of nitrogens with zero attached hydrogens (tertiary/aromatic N) is 4. The summed E-state index contributed by atoms with van der Waals surface area (Å²) in [6.45, 7) is 0. The number of pyridine rings is 1. The van der Waals surface area contributed by atoms with Crippen LogP contribution in [0.5, 0.6) is 5.88 Å². The third-order valence-corrected chi connectivity index (χ3v) is 7.25. The first-order valence-electron chi connectivity index (χ1n) is 9.95. The second-order valence-electron chi connectivity index (χ2n) is 7.79. The number of ether oxygens (including phenoxy) is 1. The molecule has 148 valence electrons. The first-order valence-corrected chi connectivity index (χ1v) is 11.7. The van der Waals surface area contributed by atoms with Crippen LogP contribution in [0, 0.1) is 0 Å². The molecule has 0 saturated heterocycles. The molecular formula is C20H20N6OS2. The molecule has 2 saturated carbocycles. The van der Waals surface area contributed by atoms with Crippen molar-refractivity contribution in [1.29, 1.82) is 0 Å². The maximum absolute atomic E-state index is 6.28. The fraction of sp³-hybridized carbons (Fsp3) is 0.400. The molecule has 2 N–H and O–H groups in total. The van der Waals surface area contributed by atoms with Crippen LogP contribution in [0.25, 0.3) is 10.2 Å². The lowest BCUT2D eigenvalue weighted by molar-refractivity contribution is 0.199. The molecule has 0 aliphatic heterocycles. The van der Waals surface area contributed by atoms with E-state index in [1.165, 1.54) is 29.9 Å². The van der Waals surface area contributed by atoms with Gasteiger partial charge in [-0.25, -0.2) is 9.97 Å². The van der Waals surface area contributed by atoms with E-state index in [0.717, 1.165) is 52.7 Å². The van der Waals surface area contributed by atoms with E-state index in [0.29, 0.717) is 11.8 Å². The highest BCUT2D eigenvalue weighted by Gasteiger charge is 2.33. The highest BCUT2D eigenvalue weighted by molar-refractivity contribution is 7.17. The molecule has 0 bridgehead atoms. The Morgan fingerprint density at radius 3 is 3.00 bits per heavy atom. The lowest BCUT2D eigenvalue weighted by Gasteiger charge is -2.13. The Balaban J connectivity index is 1.13. The minimum Gasteiger partial charge on any atom is -0.474 e. The van der Waals surface area contributed by atoms with E-state index >= 15 is 0 Å². The minimum absolute atomic E-state index is 0.229. The van der Waals surface area contributed by atoms with Gasteiger partial charge in [0.2, 0.25) is 5.88 Å². The summed E-state index contributed by atoms with van der Waals surface area (Å²) in [5, 5.41) is 13.1. The van der Waals surface area contributed by atoms with E-state index in [-0.39, 0.29) is 6.10 Å². The van der Waals surface area contributed by atoms with Crippen molar-refractivity contribution in [2.75, 3.05) is 5.32 Å². The van der Waals surface area contributed by atoms with Crippen LogP contribution in [0.3, 0.4) is 0 Å². The maximum Gasteiger partial charge on any atom is 0.228 e. The van der Waals surface area contributed by atoms with Gasteiger partial charge in [0.25, 0.3) is 0 Å². The molecule has 0 spiro atoms. The van der Waals surface area contributed by atoms with Crippen LogP contribution < -0.4 is 10.1 Å². The molecule has 9 heteroatoms. The zero-order valence-electron chi connectivity index (χ0n) is 15.7. The van der Waals surface area contributed by atoms with Crippen LogP contribution in [0.2, 0.25) is 0 Å². The standard InChI is InChI=1S/C20H20N6OS2/c1-2-11(1)14-9-29-26-20(14)27-13-4-3-12(7-13)16-8-17(25-24-16)23-19-18-15(5-6-21-19)22-10-28-18/h5-6,8-13H,1-4,7H2,(H2,21,23,24,25)/t12-,13+/m1/s1. The number of anilines is 2. The van der Waals surface area contributed by atoms with E-state index in [4.69, 9.17) is 4.74 Å². The third kappa shape index (κ3) is 3.38. The lowest BCUT2D eigenvalue weighted by Crippen LogP contribution is -2.13. The van der Waals surface area contributed by atoms with E-state index in [9.17, 15) is 0 Å². The van der Waals surface area contributed by atoms with Gasteiger partial charge in [0.15, 0.2) is 11.6 Å². The van der Waals surface area contributed by atoms with Crippen LogP contribution in [-0.4, -0.2) is 30.6 Å². The normalized spacial score (nSPS) is 21.7. The van der Waals surface area contributed by atoms with E-state index in [2.05, 4.69) is 41.3 Å². The van der Waals surface area contributed by atoms with Crippen molar-refractivity contribution in [3.63, 3.8) is 0 Å². The van der Waals surface area contributed by atoms with E-state index < -0.39 is 0 Å². The number of hydrogen-bond donors (Lipinski definition) is 2. The highest BCUT2D eigenvalue weighted by atomic mass is 32.1. The Labute approximate surface area is 175 Å². The molecule has 2 fully saturated rings. The smallest absolute Gasteiger partial charge is 0.228 e. The summed E-state index contributed by atoms with van der Waals surface area (Å²) in [6, 6.07) is 4.01. The van der Waals surface area contributed by atoms with Gasteiger partial charge in [-0.15, -0.1) is 11.3 Å². The molecule has 0 radical (unpaired) electrons. The fourth-order valence-corrected chi connectivity index (χ4v) is 5.52. The minimum atomic E-state index is 0.229. The van der Waals surface area contributed by atoms with Crippen molar-refractivity contribution in [2.45, 2.75) is 50.0 Å². The van der Waals surface area contributed by atoms with Crippen LogP contribution >= 0.6 is 22.9 Å². The Kier molecular flexibility index (Phi) is 4.23. The third-order valence-electron chi connectivity index (χ3n) is 5.77. The zero-order valence-corrected chi connectivity index (χ0v) is 17.3. The summed E-state index contributed by atoms with van der Waals surface area (Å²) in [5.74, 6) is 3.57. The van der Waals surface area contributed by atoms with Crippen LogP contribution in [-0.2, 0) is 0 Å². The van der Waals surface area contributed by atoms with Crippen LogP contribution in [0.15, 0.2) is 29.2 Å². The molecule has 7 nitrogen and oxygen atoms in total.